The molecule has 0 N–H and O–H groups in total. The zero-order chi connectivity index (χ0) is 13.5. The van der Waals surface area contributed by atoms with Gasteiger partial charge in [-0.2, -0.15) is 0 Å². The normalized spacial score (nSPS) is 13.3. The van der Waals surface area contributed by atoms with Crippen molar-refractivity contribution in [3.8, 4) is 11.1 Å². The van der Waals surface area contributed by atoms with Crippen LogP contribution in [0.2, 0.25) is 0 Å². The highest BCUT2D eigenvalue weighted by atomic mass is 16.5. The molecule has 0 aromatic heterocycles. The third-order valence-corrected chi connectivity index (χ3v) is 3.79. The van der Waals surface area contributed by atoms with Crippen molar-refractivity contribution in [3.05, 3.63) is 71.8 Å². The second-order valence-electron chi connectivity index (χ2n) is 4.94. The first-order chi connectivity index (χ1) is 9.84. The molecule has 4 rings (SSSR count). The Hall–Kier alpha value is -2.61. The molecule has 0 bridgehead atoms. The largest absolute Gasteiger partial charge is 0.457 e. The fourth-order valence-corrected chi connectivity index (χ4v) is 2.86. The van der Waals surface area contributed by atoms with E-state index in [1.807, 2.05) is 42.5 Å². The summed E-state index contributed by atoms with van der Waals surface area (Å²) in [6, 6.07) is 20.2. The van der Waals surface area contributed by atoms with Crippen LogP contribution >= 0.6 is 0 Å². The van der Waals surface area contributed by atoms with Gasteiger partial charge in [0, 0.05) is 5.39 Å². The van der Waals surface area contributed by atoms with Crippen molar-refractivity contribution in [2.75, 3.05) is 0 Å². The molecule has 2 nitrogen and oxygen atoms in total. The Morgan fingerprint density at radius 3 is 2.45 bits per heavy atom. The van der Waals surface area contributed by atoms with Gasteiger partial charge in [0.25, 0.3) is 0 Å². The van der Waals surface area contributed by atoms with Crippen molar-refractivity contribution in [1.82, 2.24) is 0 Å². The number of benzene rings is 3. The van der Waals surface area contributed by atoms with E-state index in [1.165, 1.54) is 0 Å². The molecule has 0 amide bonds. The fraction of sp³-hybridized carbons (Fsp3) is 0.0556. The van der Waals surface area contributed by atoms with Crippen LogP contribution in [0, 0.1) is 0 Å². The summed E-state index contributed by atoms with van der Waals surface area (Å²) in [6.07, 6.45) is 0. The van der Waals surface area contributed by atoms with Crippen molar-refractivity contribution in [2.45, 2.75) is 6.61 Å². The maximum atomic E-state index is 11.9. The highest BCUT2D eigenvalue weighted by Crippen LogP contribution is 2.35. The van der Waals surface area contributed by atoms with E-state index < -0.39 is 0 Å². The summed E-state index contributed by atoms with van der Waals surface area (Å²) in [5, 5.41) is 2.15. The molecule has 3 aromatic rings. The Labute approximate surface area is 116 Å². The number of hydrogen-bond acceptors (Lipinski definition) is 2. The molecular formula is C18H12O2. The molecule has 0 saturated carbocycles. The van der Waals surface area contributed by atoms with Crippen LogP contribution in [-0.4, -0.2) is 5.97 Å². The Balaban J connectivity index is 2.10. The highest BCUT2D eigenvalue weighted by Gasteiger charge is 2.21. The first kappa shape index (κ1) is 11.2. The fourth-order valence-electron chi connectivity index (χ4n) is 2.86. The molecule has 96 valence electrons. The zero-order valence-corrected chi connectivity index (χ0v) is 10.8. The SMILES string of the molecule is O=C1OCc2cccc3c(-c4ccccc4)ccc1c23. The van der Waals surface area contributed by atoms with Crippen LogP contribution in [0.1, 0.15) is 15.9 Å². The highest BCUT2D eigenvalue weighted by molar-refractivity contribution is 6.11. The van der Waals surface area contributed by atoms with E-state index >= 15 is 0 Å². The lowest BCUT2D eigenvalue weighted by Gasteiger charge is -2.19. The van der Waals surface area contributed by atoms with Gasteiger partial charge in [0.1, 0.15) is 6.61 Å². The summed E-state index contributed by atoms with van der Waals surface area (Å²) in [6.45, 7) is 0.363. The topological polar surface area (TPSA) is 26.3 Å². The Bertz CT molecular complexity index is 819. The Morgan fingerprint density at radius 1 is 0.800 bits per heavy atom. The molecule has 0 unspecified atom stereocenters. The van der Waals surface area contributed by atoms with Gasteiger partial charge in [0.15, 0.2) is 0 Å². The smallest absolute Gasteiger partial charge is 0.339 e. The third-order valence-electron chi connectivity index (χ3n) is 3.79. The van der Waals surface area contributed by atoms with Crippen LogP contribution in [-0.2, 0) is 11.3 Å². The maximum absolute atomic E-state index is 11.9. The quantitative estimate of drug-likeness (QED) is 0.614. The van der Waals surface area contributed by atoms with Crippen LogP contribution in [0.15, 0.2) is 60.7 Å². The summed E-state index contributed by atoms with van der Waals surface area (Å²) < 4.78 is 5.20. The van der Waals surface area contributed by atoms with Gasteiger partial charge < -0.3 is 4.74 Å². The number of esters is 1. The van der Waals surface area contributed by atoms with Gasteiger partial charge >= 0.3 is 5.97 Å². The average Bonchev–Trinajstić information content (AvgIpc) is 2.52. The molecule has 2 heteroatoms. The maximum Gasteiger partial charge on any atom is 0.339 e. The van der Waals surface area contributed by atoms with Gasteiger partial charge in [0.05, 0.1) is 5.56 Å². The molecule has 0 saturated heterocycles. The number of carbonyl (C=O) groups is 1. The summed E-state index contributed by atoms with van der Waals surface area (Å²) >= 11 is 0. The average molecular weight is 260 g/mol. The molecular weight excluding hydrogens is 248 g/mol. The zero-order valence-electron chi connectivity index (χ0n) is 10.8. The van der Waals surface area contributed by atoms with E-state index in [0.717, 1.165) is 27.5 Å². The predicted molar refractivity (Wildman–Crippen MR) is 78.5 cm³/mol. The van der Waals surface area contributed by atoms with Crippen LogP contribution in [0.3, 0.4) is 0 Å². The van der Waals surface area contributed by atoms with Crippen LogP contribution in [0.4, 0.5) is 0 Å². The number of hydrogen-bond donors (Lipinski definition) is 0. The minimum absolute atomic E-state index is 0.228. The lowest BCUT2D eigenvalue weighted by atomic mass is 9.91. The first-order valence-corrected chi connectivity index (χ1v) is 6.62. The Morgan fingerprint density at radius 2 is 1.60 bits per heavy atom. The van der Waals surface area contributed by atoms with Gasteiger partial charge in [-0.15, -0.1) is 0 Å². The minimum atomic E-state index is -0.228. The summed E-state index contributed by atoms with van der Waals surface area (Å²) in [4.78, 5) is 11.9. The molecule has 1 aliphatic rings. The third kappa shape index (κ3) is 1.55. The van der Waals surface area contributed by atoms with Crippen molar-refractivity contribution in [1.29, 1.82) is 0 Å². The van der Waals surface area contributed by atoms with Crippen molar-refractivity contribution in [2.24, 2.45) is 0 Å². The summed E-state index contributed by atoms with van der Waals surface area (Å²) in [5.74, 6) is -0.228. The molecule has 0 aliphatic carbocycles. The van der Waals surface area contributed by atoms with Crippen LogP contribution < -0.4 is 0 Å². The van der Waals surface area contributed by atoms with E-state index in [4.69, 9.17) is 4.74 Å². The number of rotatable bonds is 1. The monoisotopic (exact) mass is 260 g/mol. The van der Waals surface area contributed by atoms with Crippen LogP contribution in [0.5, 0.6) is 0 Å². The van der Waals surface area contributed by atoms with Gasteiger partial charge in [-0.25, -0.2) is 4.79 Å². The number of cyclic esters (lactones) is 1. The minimum Gasteiger partial charge on any atom is -0.457 e. The molecule has 0 atom stereocenters. The molecule has 20 heavy (non-hydrogen) atoms. The van der Waals surface area contributed by atoms with Gasteiger partial charge in [0.2, 0.25) is 0 Å². The van der Waals surface area contributed by atoms with Crippen LogP contribution in [0.25, 0.3) is 21.9 Å². The lowest BCUT2D eigenvalue weighted by molar-refractivity contribution is 0.0463. The van der Waals surface area contributed by atoms with E-state index in [2.05, 4.69) is 18.2 Å². The number of carbonyl (C=O) groups excluding carboxylic acids is 1. The molecule has 1 aliphatic heterocycles. The first-order valence-electron chi connectivity index (χ1n) is 6.62. The molecule has 1 heterocycles. The molecule has 0 spiro atoms. The second-order valence-corrected chi connectivity index (χ2v) is 4.94. The van der Waals surface area contributed by atoms with Gasteiger partial charge in [-0.05, 0) is 28.1 Å². The van der Waals surface area contributed by atoms with Crippen molar-refractivity contribution < 1.29 is 9.53 Å². The second kappa shape index (κ2) is 4.20. The van der Waals surface area contributed by atoms with Gasteiger partial charge in [-0.1, -0.05) is 54.6 Å². The predicted octanol–water partition coefficient (Wildman–Crippen LogP) is 4.18. The van der Waals surface area contributed by atoms with E-state index in [1.54, 1.807) is 0 Å². The molecule has 0 radical (unpaired) electrons. The molecule has 3 aromatic carbocycles. The van der Waals surface area contributed by atoms with Gasteiger partial charge in [-0.3, -0.25) is 0 Å². The molecule has 0 fully saturated rings. The summed E-state index contributed by atoms with van der Waals surface area (Å²) in [7, 11) is 0. The van der Waals surface area contributed by atoms with E-state index in [-0.39, 0.29) is 5.97 Å². The Kier molecular flexibility index (Phi) is 2.36. The lowest BCUT2D eigenvalue weighted by Crippen LogP contribution is -2.12. The van der Waals surface area contributed by atoms with E-state index in [9.17, 15) is 4.79 Å². The van der Waals surface area contributed by atoms with E-state index in [0.29, 0.717) is 12.2 Å². The standard InChI is InChI=1S/C18H12O2/c19-18-16-10-9-14(12-5-2-1-3-6-12)15-8-4-7-13(11-20-18)17(15)16/h1-10H,11H2. The van der Waals surface area contributed by atoms with Crippen molar-refractivity contribution in [3.63, 3.8) is 0 Å². The number of ether oxygens (including phenoxy) is 1. The summed E-state index contributed by atoms with van der Waals surface area (Å²) in [5.41, 5.74) is 4.06. The van der Waals surface area contributed by atoms with Crippen molar-refractivity contribution >= 4 is 16.7 Å².